The number of hydrogen-bond donors (Lipinski definition) is 1. The van der Waals surface area contributed by atoms with Crippen molar-refractivity contribution in [3.63, 3.8) is 0 Å². The van der Waals surface area contributed by atoms with Crippen molar-refractivity contribution in [2.45, 2.75) is 31.3 Å². The fraction of sp³-hybridized carbons (Fsp3) is 0.500. The van der Waals surface area contributed by atoms with E-state index in [2.05, 4.69) is 4.98 Å². The van der Waals surface area contributed by atoms with E-state index >= 15 is 0 Å². The van der Waals surface area contributed by atoms with Gasteiger partial charge in [-0.3, -0.25) is 4.98 Å². The van der Waals surface area contributed by atoms with E-state index in [0.717, 1.165) is 25.0 Å². The van der Waals surface area contributed by atoms with Crippen molar-refractivity contribution in [2.24, 2.45) is 0 Å². The van der Waals surface area contributed by atoms with Gasteiger partial charge in [0, 0.05) is 17.8 Å². The number of aliphatic hydroxyl groups is 1. The van der Waals surface area contributed by atoms with Crippen LogP contribution in [0.25, 0.3) is 0 Å². The highest BCUT2D eigenvalue weighted by Gasteiger charge is 2.24. The van der Waals surface area contributed by atoms with Gasteiger partial charge in [-0.15, -0.1) is 0 Å². The van der Waals surface area contributed by atoms with E-state index in [0.29, 0.717) is 5.92 Å². The summed E-state index contributed by atoms with van der Waals surface area (Å²) in [5.41, 5.74) is 1.13. The van der Waals surface area contributed by atoms with E-state index < -0.39 is 0 Å². The minimum Gasteiger partial charge on any atom is -0.393 e. The molecule has 1 fully saturated rings. The maximum absolute atomic E-state index is 9.33. The molecule has 0 spiro atoms. The maximum Gasteiger partial charge on any atom is 0.0546 e. The van der Waals surface area contributed by atoms with Crippen molar-refractivity contribution in [1.29, 1.82) is 0 Å². The van der Waals surface area contributed by atoms with Gasteiger partial charge in [0.2, 0.25) is 0 Å². The second kappa shape index (κ2) is 3.23. The Bertz CT molecular complexity index is 247. The van der Waals surface area contributed by atoms with E-state index in [1.165, 1.54) is 0 Å². The molecule has 2 atom stereocenters. The summed E-state index contributed by atoms with van der Waals surface area (Å²) in [5.74, 6) is 0.487. The number of rotatable bonds is 1. The molecule has 0 bridgehead atoms. The van der Waals surface area contributed by atoms with Gasteiger partial charge in [0.25, 0.3) is 0 Å². The third-order valence-electron chi connectivity index (χ3n) is 2.51. The molecule has 2 nitrogen and oxygen atoms in total. The zero-order chi connectivity index (χ0) is 8.39. The fourth-order valence-corrected chi connectivity index (χ4v) is 1.84. The molecule has 64 valence electrons. The third kappa shape index (κ3) is 1.48. The van der Waals surface area contributed by atoms with Gasteiger partial charge >= 0.3 is 0 Å². The Morgan fingerprint density at radius 3 is 2.83 bits per heavy atom. The summed E-state index contributed by atoms with van der Waals surface area (Å²) in [6.45, 7) is 0. The number of aromatic nitrogens is 1. The monoisotopic (exact) mass is 163 g/mol. The zero-order valence-electron chi connectivity index (χ0n) is 6.98. The second-order valence-electron chi connectivity index (χ2n) is 3.42. The van der Waals surface area contributed by atoms with E-state index in [4.69, 9.17) is 0 Å². The normalized spacial score (nSPS) is 29.1. The summed E-state index contributed by atoms with van der Waals surface area (Å²) in [6.07, 6.45) is 4.62. The van der Waals surface area contributed by atoms with Gasteiger partial charge in [-0.2, -0.15) is 0 Å². The SMILES string of the molecule is OC1CCC(c2ccccn2)C1. The maximum atomic E-state index is 9.33. The molecule has 2 rings (SSSR count). The Morgan fingerprint density at radius 1 is 1.33 bits per heavy atom. The van der Waals surface area contributed by atoms with Crippen molar-refractivity contribution in [3.05, 3.63) is 30.1 Å². The van der Waals surface area contributed by atoms with Crippen molar-refractivity contribution < 1.29 is 5.11 Å². The van der Waals surface area contributed by atoms with Crippen LogP contribution in [0.1, 0.15) is 30.9 Å². The van der Waals surface area contributed by atoms with Crippen LogP contribution in [0.2, 0.25) is 0 Å². The van der Waals surface area contributed by atoms with Crippen LogP contribution < -0.4 is 0 Å². The lowest BCUT2D eigenvalue weighted by Gasteiger charge is -2.06. The van der Waals surface area contributed by atoms with Crippen LogP contribution >= 0.6 is 0 Å². The molecule has 12 heavy (non-hydrogen) atoms. The molecule has 0 amide bonds. The van der Waals surface area contributed by atoms with Gasteiger partial charge in [-0.25, -0.2) is 0 Å². The molecule has 1 aliphatic carbocycles. The molecule has 0 saturated heterocycles. The second-order valence-corrected chi connectivity index (χ2v) is 3.42. The summed E-state index contributed by atoms with van der Waals surface area (Å²) >= 11 is 0. The number of aliphatic hydroxyl groups excluding tert-OH is 1. The molecule has 1 N–H and O–H groups in total. The molecule has 1 aromatic rings. The first-order valence-corrected chi connectivity index (χ1v) is 4.45. The van der Waals surface area contributed by atoms with Crippen molar-refractivity contribution in [2.75, 3.05) is 0 Å². The molecule has 2 heteroatoms. The van der Waals surface area contributed by atoms with Crippen LogP contribution in [0.5, 0.6) is 0 Å². The van der Waals surface area contributed by atoms with Crippen LogP contribution in [-0.4, -0.2) is 16.2 Å². The Balaban J connectivity index is 2.11. The Hall–Kier alpha value is -0.890. The van der Waals surface area contributed by atoms with Gasteiger partial charge in [-0.1, -0.05) is 6.07 Å². The highest BCUT2D eigenvalue weighted by atomic mass is 16.3. The van der Waals surface area contributed by atoms with E-state index in [9.17, 15) is 5.11 Å². The quantitative estimate of drug-likeness (QED) is 0.683. The van der Waals surface area contributed by atoms with E-state index in [1.807, 2.05) is 24.4 Å². The largest absolute Gasteiger partial charge is 0.393 e. The van der Waals surface area contributed by atoms with Gasteiger partial charge in [-0.05, 0) is 31.4 Å². The lowest BCUT2D eigenvalue weighted by molar-refractivity contribution is 0.181. The van der Waals surface area contributed by atoms with Crippen LogP contribution in [0, 0.1) is 0 Å². The lowest BCUT2D eigenvalue weighted by atomic mass is 10.0. The van der Waals surface area contributed by atoms with Crippen LogP contribution in [0.15, 0.2) is 24.4 Å². The molecule has 1 heterocycles. The Morgan fingerprint density at radius 2 is 2.25 bits per heavy atom. The Labute approximate surface area is 72.3 Å². The smallest absolute Gasteiger partial charge is 0.0546 e. The van der Waals surface area contributed by atoms with Crippen LogP contribution in [-0.2, 0) is 0 Å². The van der Waals surface area contributed by atoms with Gasteiger partial charge < -0.3 is 5.11 Å². The minimum absolute atomic E-state index is 0.1000. The molecule has 0 aromatic carbocycles. The molecule has 1 aliphatic rings. The molecule has 2 unspecified atom stereocenters. The molecule has 0 radical (unpaired) electrons. The molecule has 0 aliphatic heterocycles. The highest BCUT2D eigenvalue weighted by molar-refractivity contribution is 5.11. The van der Waals surface area contributed by atoms with Crippen molar-refractivity contribution >= 4 is 0 Å². The number of nitrogens with zero attached hydrogens (tertiary/aromatic N) is 1. The minimum atomic E-state index is -0.1000. The van der Waals surface area contributed by atoms with E-state index in [-0.39, 0.29) is 6.10 Å². The molecular formula is C10H13NO. The Kier molecular flexibility index (Phi) is 2.09. The topological polar surface area (TPSA) is 33.1 Å². The van der Waals surface area contributed by atoms with Gasteiger partial charge in [0.1, 0.15) is 0 Å². The summed E-state index contributed by atoms with van der Waals surface area (Å²) in [4.78, 5) is 4.28. The summed E-state index contributed by atoms with van der Waals surface area (Å²) in [7, 11) is 0. The summed E-state index contributed by atoms with van der Waals surface area (Å²) in [5, 5.41) is 9.33. The first-order valence-electron chi connectivity index (χ1n) is 4.45. The van der Waals surface area contributed by atoms with Crippen LogP contribution in [0.4, 0.5) is 0 Å². The molecular weight excluding hydrogens is 150 g/mol. The first kappa shape index (κ1) is 7.74. The number of hydrogen-bond acceptors (Lipinski definition) is 2. The molecule has 1 saturated carbocycles. The van der Waals surface area contributed by atoms with Crippen molar-refractivity contribution in [3.8, 4) is 0 Å². The van der Waals surface area contributed by atoms with Crippen molar-refractivity contribution in [1.82, 2.24) is 4.98 Å². The average Bonchev–Trinajstić information content (AvgIpc) is 2.54. The third-order valence-corrected chi connectivity index (χ3v) is 2.51. The predicted molar refractivity (Wildman–Crippen MR) is 46.8 cm³/mol. The summed E-state index contributed by atoms with van der Waals surface area (Å²) < 4.78 is 0. The predicted octanol–water partition coefficient (Wildman–Crippen LogP) is 1.71. The summed E-state index contributed by atoms with van der Waals surface area (Å²) in [6, 6.07) is 5.98. The van der Waals surface area contributed by atoms with Crippen LogP contribution in [0.3, 0.4) is 0 Å². The van der Waals surface area contributed by atoms with Gasteiger partial charge in [0.15, 0.2) is 0 Å². The first-order chi connectivity index (χ1) is 5.86. The standard InChI is InChI=1S/C10H13NO/c12-9-5-4-8(7-9)10-3-1-2-6-11-10/h1-3,6,8-9,12H,4-5,7H2. The fourth-order valence-electron chi connectivity index (χ4n) is 1.84. The highest BCUT2D eigenvalue weighted by Crippen LogP contribution is 2.32. The number of pyridine rings is 1. The zero-order valence-corrected chi connectivity index (χ0v) is 6.98. The lowest BCUT2D eigenvalue weighted by Crippen LogP contribution is -2.00. The van der Waals surface area contributed by atoms with Gasteiger partial charge in [0.05, 0.1) is 6.10 Å². The average molecular weight is 163 g/mol. The van der Waals surface area contributed by atoms with E-state index in [1.54, 1.807) is 0 Å². The molecule has 1 aromatic heterocycles.